The van der Waals surface area contributed by atoms with Crippen molar-refractivity contribution in [1.82, 2.24) is 5.32 Å². The van der Waals surface area contributed by atoms with Crippen LogP contribution in [0.15, 0.2) is 18.2 Å². The zero-order chi connectivity index (χ0) is 13.3. The van der Waals surface area contributed by atoms with Gasteiger partial charge < -0.3 is 0 Å². The average Bonchev–Trinajstić information content (AvgIpc) is 2.28. The number of carbonyl (C=O) groups is 2. The van der Waals surface area contributed by atoms with Crippen LogP contribution in [0.3, 0.4) is 0 Å². The van der Waals surface area contributed by atoms with Crippen molar-refractivity contribution in [3.63, 3.8) is 0 Å². The van der Waals surface area contributed by atoms with Gasteiger partial charge in [0.05, 0.1) is 5.92 Å². The minimum Gasteiger partial charge on any atom is -0.296 e. The Morgan fingerprint density at radius 3 is 2.61 bits per heavy atom. The summed E-state index contributed by atoms with van der Waals surface area (Å²) in [7, 11) is 0. The van der Waals surface area contributed by atoms with Gasteiger partial charge in [-0.2, -0.15) is 0 Å². The van der Waals surface area contributed by atoms with Gasteiger partial charge in [0.25, 0.3) is 0 Å². The molecule has 18 heavy (non-hydrogen) atoms. The first-order valence-electron chi connectivity index (χ1n) is 6.12. The molecule has 1 fully saturated rings. The van der Waals surface area contributed by atoms with Gasteiger partial charge in [-0.25, -0.2) is 4.39 Å². The molecular formula is C14H16FNO2. The fourth-order valence-corrected chi connectivity index (χ4v) is 2.24. The molecule has 1 N–H and O–H groups in total. The Hall–Kier alpha value is -1.71. The Bertz CT molecular complexity index is 497. The van der Waals surface area contributed by atoms with E-state index in [0.717, 1.165) is 0 Å². The van der Waals surface area contributed by atoms with Crippen LogP contribution in [0.2, 0.25) is 0 Å². The lowest BCUT2D eigenvalue weighted by molar-refractivity contribution is -0.134. The van der Waals surface area contributed by atoms with E-state index >= 15 is 0 Å². The molecule has 1 aromatic carbocycles. The molecule has 2 rings (SSSR count). The summed E-state index contributed by atoms with van der Waals surface area (Å²) in [4.78, 5) is 22.7. The lowest BCUT2D eigenvalue weighted by atomic mass is 9.89. The van der Waals surface area contributed by atoms with E-state index < -0.39 is 5.92 Å². The van der Waals surface area contributed by atoms with Crippen LogP contribution in [0, 0.1) is 5.82 Å². The van der Waals surface area contributed by atoms with Crippen LogP contribution >= 0.6 is 0 Å². The maximum absolute atomic E-state index is 13.9. The predicted molar refractivity (Wildman–Crippen MR) is 65.6 cm³/mol. The van der Waals surface area contributed by atoms with Crippen LogP contribution in [0.5, 0.6) is 0 Å². The maximum atomic E-state index is 13.9. The smallest absolute Gasteiger partial charge is 0.234 e. The molecule has 1 saturated heterocycles. The Morgan fingerprint density at radius 2 is 2.06 bits per heavy atom. The fraction of sp³-hybridized carbons (Fsp3) is 0.429. The van der Waals surface area contributed by atoms with Gasteiger partial charge in [0.15, 0.2) is 0 Å². The first kappa shape index (κ1) is 12.7. The molecule has 3 nitrogen and oxygen atoms in total. The lowest BCUT2D eigenvalue weighted by Crippen LogP contribution is -2.39. The molecule has 0 radical (unpaired) electrons. The summed E-state index contributed by atoms with van der Waals surface area (Å²) in [6, 6.07) is 4.91. The highest BCUT2D eigenvalue weighted by atomic mass is 19.1. The normalized spacial score (nSPS) is 20.1. The lowest BCUT2D eigenvalue weighted by Gasteiger charge is -2.21. The maximum Gasteiger partial charge on any atom is 0.234 e. The van der Waals surface area contributed by atoms with Gasteiger partial charge in [-0.1, -0.05) is 26.0 Å². The van der Waals surface area contributed by atoms with Crippen molar-refractivity contribution in [3.05, 3.63) is 35.1 Å². The van der Waals surface area contributed by atoms with Crippen molar-refractivity contribution in [2.75, 3.05) is 0 Å². The molecular weight excluding hydrogens is 233 g/mol. The number of halogens is 1. The summed E-state index contributed by atoms with van der Waals surface area (Å²) in [6.07, 6.45) is 0.759. The highest BCUT2D eigenvalue weighted by Crippen LogP contribution is 2.28. The molecule has 4 heteroatoms. The second-order valence-electron chi connectivity index (χ2n) is 4.94. The Labute approximate surface area is 105 Å². The number of amides is 2. The van der Waals surface area contributed by atoms with E-state index in [0.29, 0.717) is 24.0 Å². The van der Waals surface area contributed by atoms with E-state index in [-0.39, 0.29) is 23.5 Å². The van der Waals surface area contributed by atoms with Crippen LogP contribution in [-0.2, 0) is 9.59 Å². The third kappa shape index (κ3) is 2.42. The van der Waals surface area contributed by atoms with Crippen molar-refractivity contribution in [2.24, 2.45) is 0 Å². The standard InChI is InChI=1S/C14H16FNO2/c1-8(2)10-4-3-9(7-12(10)15)11-5-6-13(17)16-14(11)18/h3-4,7-8,11H,5-6H2,1-2H3,(H,16,17,18)/t11-/m0/s1. The van der Waals surface area contributed by atoms with Crippen LogP contribution in [-0.4, -0.2) is 11.8 Å². The van der Waals surface area contributed by atoms with Crippen molar-refractivity contribution >= 4 is 11.8 Å². The van der Waals surface area contributed by atoms with E-state index in [1.54, 1.807) is 12.1 Å². The van der Waals surface area contributed by atoms with E-state index in [9.17, 15) is 14.0 Å². The molecule has 2 amide bonds. The molecule has 0 aromatic heterocycles. The van der Waals surface area contributed by atoms with Crippen molar-refractivity contribution < 1.29 is 14.0 Å². The first-order valence-corrected chi connectivity index (χ1v) is 6.12. The highest BCUT2D eigenvalue weighted by Gasteiger charge is 2.28. The molecule has 1 aliphatic rings. The van der Waals surface area contributed by atoms with E-state index in [2.05, 4.69) is 5.32 Å². The molecule has 0 aliphatic carbocycles. The average molecular weight is 249 g/mol. The topological polar surface area (TPSA) is 46.2 Å². The summed E-state index contributed by atoms with van der Waals surface area (Å²) >= 11 is 0. The van der Waals surface area contributed by atoms with Crippen LogP contribution < -0.4 is 5.32 Å². The minimum atomic E-state index is -0.418. The van der Waals surface area contributed by atoms with Gasteiger partial charge in [-0.15, -0.1) is 0 Å². The first-order chi connectivity index (χ1) is 8.49. The number of hydrogen-bond donors (Lipinski definition) is 1. The number of piperidine rings is 1. The fourth-order valence-electron chi connectivity index (χ4n) is 2.24. The SMILES string of the molecule is CC(C)c1ccc([C@@H]2CCC(=O)NC2=O)cc1F. The Kier molecular flexibility index (Phi) is 3.45. The van der Waals surface area contributed by atoms with Gasteiger partial charge in [-0.3, -0.25) is 14.9 Å². The van der Waals surface area contributed by atoms with Crippen molar-refractivity contribution in [3.8, 4) is 0 Å². The van der Waals surface area contributed by atoms with Crippen LogP contribution in [0.25, 0.3) is 0 Å². The summed E-state index contributed by atoms with van der Waals surface area (Å²) < 4.78 is 13.9. The molecule has 1 heterocycles. The number of rotatable bonds is 2. The monoisotopic (exact) mass is 249 g/mol. The molecule has 0 saturated carbocycles. The zero-order valence-electron chi connectivity index (χ0n) is 10.5. The third-order valence-electron chi connectivity index (χ3n) is 3.29. The molecule has 1 atom stereocenters. The number of nitrogens with one attached hydrogen (secondary N) is 1. The van der Waals surface area contributed by atoms with Crippen molar-refractivity contribution in [2.45, 2.75) is 38.5 Å². The summed E-state index contributed by atoms with van der Waals surface area (Å²) in [5.74, 6) is -1.18. The highest BCUT2D eigenvalue weighted by molar-refractivity contribution is 6.00. The van der Waals surface area contributed by atoms with E-state index in [1.165, 1.54) is 6.07 Å². The minimum absolute atomic E-state index is 0.112. The van der Waals surface area contributed by atoms with Gasteiger partial charge in [0.2, 0.25) is 11.8 Å². The molecule has 1 aliphatic heterocycles. The van der Waals surface area contributed by atoms with Crippen LogP contribution in [0.1, 0.15) is 49.7 Å². The number of benzene rings is 1. The van der Waals surface area contributed by atoms with E-state index in [4.69, 9.17) is 0 Å². The third-order valence-corrected chi connectivity index (χ3v) is 3.29. The molecule has 1 aromatic rings. The second-order valence-corrected chi connectivity index (χ2v) is 4.94. The zero-order valence-corrected chi connectivity index (χ0v) is 10.5. The van der Waals surface area contributed by atoms with Gasteiger partial charge >= 0.3 is 0 Å². The predicted octanol–water partition coefficient (Wildman–Crippen LogP) is 2.47. The van der Waals surface area contributed by atoms with E-state index in [1.807, 2.05) is 13.8 Å². The quantitative estimate of drug-likeness (QED) is 0.818. The number of hydrogen-bond acceptors (Lipinski definition) is 2. The Morgan fingerprint density at radius 1 is 1.33 bits per heavy atom. The Balaban J connectivity index is 2.27. The summed E-state index contributed by atoms with van der Waals surface area (Å²) in [5.41, 5.74) is 1.29. The second kappa shape index (κ2) is 4.88. The summed E-state index contributed by atoms with van der Waals surface area (Å²) in [5, 5.41) is 2.28. The summed E-state index contributed by atoms with van der Waals surface area (Å²) in [6.45, 7) is 3.84. The largest absolute Gasteiger partial charge is 0.296 e. The van der Waals surface area contributed by atoms with Gasteiger partial charge in [-0.05, 0) is 29.5 Å². The van der Waals surface area contributed by atoms with Crippen LogP contribution in [0.4, 0.5) is 4.39 Å². The molecule has 0 unspecified atom stereocenters. The molecule has 0 bridgehead atoms. The van der Waals surface area contributed by atoms with Gasteiger partial charge in [0.1, 0.15) is 5.82 Å². The van der Waals surface area contributed by atoms with Gasteiger partial charge in [0, 0.05) is 6.42 Å². The molecule has 0 spiro atoms. The number of carbonyl (C=O) groups excluding carboxylic acids is 2. The number of imide groups is 1. The van der Waals surface area contributed by atoms with Crippen molar-refractivity contribution in [1.29, 1.82) is 0 Å². The molecule has 96 valence electrons.